The molecule has 1 fully saturated rings. The van der Waals surface area contributed by atoms with Crippen LogP contribution in [0.4, 0.5) is 0 Å². The molecule has 0 unspecified atom stereocenters. The van der Waals surface area contributed by atoms with Crippen molar-refractivity contribution in [3.8, 4) is 0 Å². The lowest BCUT2D eigenvalue weighted by molar-refractivity contribution is 0.0695. The molecule has 2 aromatic carbocycles. The third-order valence-corrected chi connectivity index (χ3v) is 4.80. The number of carboxylic acid groups (broad SMARTS) is 1. The number of benzene rings is 2. The SMILES string of the molecule is O=C(O)c1cccc(CN2CCCN(C(=O)c3ccc(Cl)cc3)CC2)c1. The van der Waals surface area contributed by atoms with Crippen LogP contribution >= 0.6 is 11.6 Å². The van der Waals surface area contributed by atoms with Gasteiger partial charge in [-0.05, 0) is 48.4 Å². The minimum atomic E-state index is -0.914. The highest BCUT2D eigenvalue weighted by atomic mass is 35.5. The molecule has 1 heterocycles. The third kappa shape index (κ3) is 4.62. The van der Waals surface area contributed by atoms with Crippen LogP contribution in [0.2, 0.25) is 5.02 Å². The number of nitrogens with zero attached hydrogens (tertiary/aromatic N) is 2. The smallest absolute Gasteiger partial charge is 0.335 e. The van der Waals surface area contributed by atoms with Gasteiger partial charge in [0.25, 0.3) is 5.91 Å². The maximum absolute atomic E-state index is 12.6. The van der Waals surface area contributed by atoms with Gasteiger partial charge in [-0.2, -0.15) is 0 Å². The van der Waals surface area contributed by atoms with Gasteiger partial charge in [0.2, 0.25) is 0 Å². The van der Waals surface area contributed by atoms with Crippen molar-refractivity contribution < 1.29 is 14.7 Å². The molecule has 136 valence electrons. The van der Waals surface area contributed by atoms with E-state index in [-0.39, 0.29) is 5.91 Å². The van der Waals surface area contributed by atoms with E-state index in [1.54, 1.807) is 42.5 Å². The summed E-state index contributed by atoms with van der Waals surface area (Å²) in [5.41, 5.74) is 1.93. The van der Waals surface area contributed by atoms with Gasteiger partial charge in [0, 0.05) is 43.3 Å². The van der Waals surface area contributed by atoms with E-state index in [4.69, 9.17) is 16.7 Å². The molecule has 6 heteroatoms. The van der Waals surface area contributed by atoms with Crippen LogP contribution in [-0.2, 0) is 6.54 Å². The first-order valence-electron chi connectivity index (χ1n) is 8.62. The van der Waals surface area contributed by atoms with Crippen LogP contribution in [0.5, 0.6) is 0 Å². The first kappa shape index (κ1) is 18.4. The van der Waals surface area contributed by atoms with Gasteiger partial charge < -0.3 is 10.0 Å². The number of halogens is 1. The highest BCUT2D eigenvalue weighted by Gasteiger charge is 2.20. The van der Waals surface area contributed by atoms with Crippen LogP contribution in [0.25, 0.3) is 0 Å². The molecule has 0 bridgehead atoms. The number of carboxylic acids is 1. The molecule has 2 aromatic rings. The van der Waals surface area contributed by atoms with Crippen molar-refractivity contribution in [2.24, 2.45) is 0 Å². The molecule has 0 saturated carbocycles. The van der Waals surface area contributed by atoms with Gasteiger partial charge in [0.05, 0.1) is 5.56 Å². The van der Waals surface area contributed by atoms with Crippen LogP contribution in [-0.4, -0.2) is 53.0 Å². The largest absolute Gasteiger partial charge is 0.478 e. The van der Waals surface area contributed by atoms with Crippen LogP contribution < -0.4 is 0 Å². The lowest BCUT2D eigenvalue weighted by atomic mass is 10.1. The molecule has 0 aliphatic carbocycles. The fourth-order valence-electron chi connectivity index (χ4n) is 3.17. The second-order valence-electron chi connectivity index (χ2n) is 6.43. The second kappa shape index (κ2) is 8.34. The van der Waals surface area contributed by atoms with E-state index in [9.17, 15) is 9.59 Å². The quantitative estimate of drug-likeness (QED) is 0.893. The molecule has 1 aliphatic rings. The number of aromatic carboxylic acids is 1. The van der Waals surface area contributed by atoms with Crippen molar-refractivity contribution in [2.45, 2.75) is 13.0 Å². The number of carbonyl (C=O) groups is 2. The fraction of sp³-hybridized carbons (Fsp3) is 0.300. The van der Waals surface area contributed by atoms with Gasteiger partial charge in [-0.3, -0.25) is 9.69 Å². The lowest BCUT2D eigenvalue weighted by Gasteiger charge is -2.22. The van der Waals surface area contributed by atoms with E-state index in [0.717, 1.165) is 25.1 Å². The maximum atomic E-state index is 12.6. The van der Waals surface area contributed by atoms with Crippen molar-refractivity contribution in [1.29, 1.82) is 0 Å². The number of amides is 1. The van der Waals surface area contributed by atoms with Crippen LogP contribution in [0, 0.1) is 0 Å². The fourth-order valence-corrected chi connectivity index (χ4v) is 3.29. The Labute approximate surface area is 157 Å². The van der Waals surface area contributed by atoms with E-state index in [1.807, 2.05) is 11.0 Å². The predicted octanol–water partition coefficient (Wildman–Crippen LogP) is 3.39. The topological polar surface area (TPSA) is 60.9 Å². The predicted molar refractivity (Wildman–Crippen MR) is 101 cm³/mol. The zero-order valence-corrected chi connectivity index (χ0v) is 15.2. The van der Waals surface area contributed by atoms with Gasteiger partial charge in [0.15, 0.2) is 0 Å². The highest BCUT2D eigenvalue weighted by Crippen LogP contribution is 2.15. The monoisotopic (exact) mass is 372 g/mol. The molecule has 1 N–H and O–H groups in total. The van der Waals surface area contributed by atoms with Crippen LogP contribution in [0.3, 0.4) is 0 Å². The van der Waals surface area contributed by atoms with E-state index >= 15 is 0 Å². The Hall–Kier alpha value is -2.37. The Morgan fingerprint density at radius 3 is 2.46 bits per heavy atom. The van der Waals surface area contributed by atoms with Gasteiger partial charge in [-0.25, -0.2) is 4.79 Å². The highest BCUT2D eigenvalue weighted by molar-refractivity contribution is 6.30. The number of carbonyl (C=O) groups excluding carboxylic acids is 1. The minimum Gasteiger partial charge on any atom is -0.478 e. The summed E-state index contributed by atoms with van der Waals surface area (Å²) in [6.07, 6.45) is 0.887. The number of rotatable bonds is 4. The molecule has 1 saturated heterocycles. The Bertz CT molecular complexity index is 792. The summed E-state index contributed by atoms with van der Waals surface area (Å²) >= 11 is 5.89. The summed E-state index contributed by atoms with van der Waals surface area (Å²) in [5.74, 6) is -0.890. The molecule has 0 radical (unpaired) electrons. The Kier molecular flexibility index (Phi) is 5.91. The molecule has 0 spiro atoms. The van der Waals surface area contributed by atoms with E-state index in [0.29, 0.717) is 35.8 Å². The molecular formula is C20H21ClN2O3. The molecule has 1 aliphatic heterocycles. The van der Waals surface area contributed by atoms with Crippen molar-refractivity contribution in [3.63, 3.8) is 0 Å². The first-order valence-corrected chi connectivity index (χ1v) is 9.00. The Morgan fingerprint density at radius 2 is 1.73 bits per heavy atom. The van der Waals surface area contributed by atoms with Gasteiger partial charge in [-0.15, -0.1) is 0 Å². The molecule has 26 heavy (non-hydrogen) atoms. The van der Waals surface area contributed by atoms with E-state index in [1.165, 1.54) is 0 Å². The summed E-state index contributed by atoms with van der Waals surface area (Å²) in [4.78, 5) is 27.9. The zero-order chi connectivity index (χ0) is 18.5. The van der Waals surface area contributed by atoms with Crippen LogP contribution in [0.15, 0.2) is 48.5 Å². The average Bonchev–Trinajstić information content (AvgIpc) is 2.87. The van der Waals surface area contributed by atoms with Gasteiger partial charge in [0.1, 0.15) is 0 Å². The third-order valence-electron chi connectivity index (χ3n) is 4.55. The maximum Gasteiger partial charge on any atom is 0.335 e. The summed E-state index contributed by atoms with van der Waals surface area (Å²) in [5, 5.41) is 9.73. The van der Waals surface area contributed by atoms with Gasteiger partial charge >= 0.3 is 5.97 Å². The average molecular weight is 373 g/mol. The van der Waals surface area contributed by atoms with Crippen molar-refractivity contribution in [2.75, 3.05) is 26.2 Å². The molecule has 1 amide bonds. The number of hydrogen-bond acceptors (Lipinski definition) is 3. The molecule has 3 rings (SSSR count). The standard InChI is InChI=1S/C20H21ClN2O3/c21-18-7-5-16(6-8-18)19(24)23-10-2-9-22(11-12-23)14-15-3-1-4-17(13-15)20(25)26/h1,3-8,13H,2,9-12,14H2,(H,25,26). The molecule has 5 nitrogen and oxygen atoms in total. The van der Waals surface area contributed by atoms with E-state index < -0.39 is 5.97 Å². The van der Waals surface area contributed by atoms with E-state index in [2.05, 4.69) is 4.90 Å². The molecular weight excluding hydrogens is 352 g/mol. The van der Waals surface area contributed by atoms with Crippen molar-refractivity contribution >= 4 is 23.5 Å². The van der Waals surface area contributed by atoms with Gasteiger partial charge in [-0.1, -0.05) is 23.7 Å². The minimum absolute atomic E-state index is 0.0244. The summed E-state index contributed by atoms with van der Waals surface area (Å²) in [7, 11) is 0. The van der Waals surface area contributed by atoms with Crippen molar-refractivity contribution in [3.05, 3.63) is 70.2 Å². The summed E-state index contributed by atoms with van der Waals surface area (Å²) in [6.45, 7) is 3.69. The summed E-state index contributed by atoms with van der Waals surface area (Å²) < 4.78 is 0. The zero-order valence-electron chi connectivity index (χ0n) is 14.4. The molecule has 0 atom stereocenters. The first-order chi connectivity index (χ1) is 12.5. The molecule has 0 aromatic heterocycles. The lowest BCUT2D eigenvalue weighted by Crippen LogP contribution is -2.35. The van der Waals surface area contributed by atoms with Crippen molar-refractivity contribution in [1.82, 2.24) is 9.80 Å². The Balaban J connectivity index is 1.61. The Morgan fingerprint density at radius 1 is 0.962 bits per heavy atom. The summed E-state index contributed by atoms with van der Waals surface area (Å²) in [6, 6.07) is 14.0. The number of hydrogen-bond donors (Lipinski definition) is 1. The second-order valence-corrected chi connectivity index (χ2v) is 6.87. The van der Waals surface area contributed by atoms with Crippen LogP contribution in [0.1, 0.15) is 32.7 Å². The normalized spacial score (nSPS) is 15.5.